The predicted octanol–water partition coefficient (Wildman–Crippen LogP) is -1.48. The Morgan fingerprint density at radius 3 is 0.846 bits per heavy atom. The zero-order valence-electron chi connectivity index (χ0n) is 5.28. The fourth-order valence-corrected chi connectivity index (χ4v) is 0. The maximum Gasteiger partial charge on any atom is 0.0689 e. The minimum atomic E-state index is -3.11. The van der Waals surface area contributed by atoms with Crippen molar-refractivity contribution >= 4 is 11.4 Å². The monoisotopic (exact) mass is 267 g/mol. The molecule has 0 aliphatic carbocycles. The molecule has 1 radical (unpaired) electrons. The van der Waals surface area contributed by atoms with Crippen LogP contribution in [0.3, 0.4) is 0 Å². The van der Waals surface area contributed by atoms with Gasteiger partial charge >= 0.3 is 0 Å². The molecular formula is CuN2O9S-4. The second-order valence-corrected chi connectivity index (χ2v) is 1.06. The largest absolute Gasteiger partial charge is 0.784 e. The maximum absolute atomic E-state index is 8.44. The first-order valence-electron chi connectivity index (χ1n) is 1.60. The standard InChI is InChI=1S/Cu.2NO3.H2O3S/c;2*2-1(3)4;1-4(2)3/h;;;(H2,1,2,3)/q;2*-1;/p-2. The summed E-state index contributed by atoms with van der Waals surface area (Å²) >= 11 is -3.11. The summed E-state index contributed by atoms with van der Waals surface area (Å²) in [5, 5.41) is 29.5. The van der Waals surface area contributed by atoms with E-state index in [1.54, 1.807) is 0 Å². The average molecular weight is 268 g/mol. The van der Waals surface area contributed by atoms with E-state index in [9.17, 15) is 0 Å². The quantitative estimate of drug-likeness (QED) is 0.217. The molecule has 0 atom stereocenters. The summed E-state index contributed by atoms with van der Waals surface area (Å²) in [5.41, 5.74) is 0. The third-order valence-electron chi connectivity index (χ3n) is 0. The molecule has 0 bridgehead atoms. The van der Waals surface area contributed by atoms with Crippen molar-refractivity contribution in [1.82, 2.24) is 0 Å². The molecule has 0 saturated carbocycles. The Kier molecular flexibility index (Phi) is 30.0. The van der Waals surface area contributed by atoms with E-state index in [2.05, 4.69) is 0 Å². The smallest absolute Gasteiger partial charge is 0.0689 e. The topological polar surface area (TPSA) is 196 Å². The molecule has 0 aromatic carbocycles. The van der Waals surface area contributed by atoms with E-state index in [0.717, 1.165) is 0 Å². The van der Waals surface area contributed by atoms with E-state index in [0.29, 0.717) is 0 Å². The maximum atomic E-state index is 8.44. The van der Waals surface area contributed by atoms with Crippen LogP contribution in [0.25, 0.3) is 0 Å². The first-order valence-corrected chi connectivity index (χ1v) is 2.60. The Labute approximate surface area is 83.2 Å². The van der Waals surface area contributed by atoms with Crippen molar-refractivity contribution in [3.63, 3.8) is 0 Å². The molecule has 13 heteroatoms. The van der Waals surface area contributed by atoms with Gasteiger partial charge in [0, 0.05) is 17.1 Å². The van der Waals surface area contributed by atoms with Crippen LogP contribution in [0.15, 0.2) is 0 Å². The van der Waals surface area contributed by atoms with Crippen LogP contribution in [0.2, 0.25) is 0 Å². The molecule has 0 aromatic heterocycles. The van der Waals surface area contributed by atoms with Crippen LogP contribution < -0.4 is 0 Å². The number of nitrogens with zero attached hydrogens (tertiary/aromatic N) is 2. The molecule has 0 heterocycles. The van der Waals surface area contributed by atoms with Crippen molar-refractivity contribution in [3.8, 4) is 0 Å². The molecule has 0 amide bonds. The van der Waals surface area contributed by atoms with Gasteiger partial charge in [-0.1, -0.05) is 0 Å². The SMILES string of the molecule is O=S([O-])[O-].O=[N+]([O-])[O-].O=[N+]([O-])[O-].[Cu]. The normalized spacial score (nSPS) is 6.38. The summed E-state index contributed by atoms with van der Waals surface area (Å²) in [6.45, 7) is 0. The summed E-state index contributed by atoms with van der Waals surface area (Å²) in [4.78, 5) is 16.5. The first-order chi connectivity index (χ1) is 5.20. The van der Waals surface area contributed by atoms with Crippen LogP contribution in [0.1, 0.15) is 0 Å². The zero-order chi connectivity index (χ0) is 10.7. The summed E-state index contributed by atoms with van der Waals surface area (Å²) in [6.07, 6.45) is 0. The van der Waals surface area contributed by atoms with Crippen LogP contribution in [-0.4, -0.2) is 23.5 Å². The minimum absolute atomic E-state index is 0. The molecule has 0 aromatic rings. The molecule has 0 rings (SSSR count). The molecule has 0 aliphatic heterocycles. The predicted molar refractivity (Wildman–Crippen MR) is 30.4 cm³/mol. The molecule has 13 heavy (non-hydrogen) atoms. The first kappa shape index (κ1) is 22.7. The Morgan fingerprint density at radius 1 is 0.846 bits per heavy atom. The van der Waals surface area contributed by atoms with E-state index in [-0.39, 0.29) is 17.1 Å². The molecule has 85 valence electrons. The van der Waals surface area contributed by atoms with Gasteiger partial charge in [-0.15, -0.1) is 11.4 Å². The fraction of sp³-hybridized carbons (Fsp3) is 0. The third-order valence-corrected chi connectivity index (χ3v) is 0. The van der Waals surface area contributed by atoms with Crippen LogP contribution in [0.5, 0.6) is 0 Å². The van der Waals surface area contributed by atoms with Crippen LogP contribution in [-0.2, 0) is 28.4 Å². The summed E-state index contributed by atoms with van der Waals surface area (Å²) in [5.74, 6) is 0. The van der Waals surface area contributed by atoms with Gasteiger partial charge in [0.1, 0.15) is 0 Å². The van der Waals surface area contributed by atoms with Crippen LogP contribution >= 0.6 is 0 Å². The van der Waals surface area contributed by atoms with Gasteiger partial charge in [0.05, 0.1) is 10.2 Å². The Morgan fingerprint density at radius 2 is 0.846 bits per heavy atom. The zero-order valence-corrected chi connectivity index (χ0v) is 7.04. The van der Waals surface area contributed by atoms with E-state index >= 15 is 0 Å². The van der Waals surface area contributed by atoms with Crippen LogP contribution in [0, 0.1) is 30.6 Å². The van der Waals surface area contributed by atoms with Gasteiger partial charge in [-0.05, 0) is 0 Å². The fourth-order valence-electron chi connectivity index (χ4n) is 0. The van der Waals surface area contributed by atoms with Crippen molar-refractivity contribution in [2.75, 3.05) is 0 Å². The van der Waals surface area contributed by atoms with Crippen molar-refractivity contribution in [2.45, 2.75) is 0 Å². The van der Waals surface area contributed by atoms with E-state index in [4.69, 9.17) is 44.0 Å². The van der Waals surface area contributed by atoms with Crippen LogP contribution in [0.4, 0.5) is 0 Å². The molecule has 0 saturated heterocycles. The molecular weight excluding hydrogens is 268 g/mol. The van der Waals surface area contributed by atoms with Crippen molar-refractivity contribution in [2.24, 2.45) is 0 Å². The van der Waals surface area contributed by atoms with Gasteiger partial charge in [0.15, 0.2) is 0 Å². The van der Waals surface area contributed by atoms with E-state index < -0.39 is 21.5 Å². The Hall–Kier alpha value is -1.01. The molecule has 11 nitrogen and oxygen atoms in total. The van der Waals surface area contributed by atoms with Gasteiger partial charge in [0.2, 0.25) is 0 Å². The molecule has 0 aliphatic rings. The second kappa shape index (κ2) is 17.2. The van der Waals surface area contributed by atoms with Crippen molar-refractivity contribution in [1.29, 1.82) is 0 Å². The summed E-state index contributed by atoms with van der Waals surface area (Å²) < 4.78 is 25.3. The third kappa shape index (κ3) is 870. The van der Waals surface area contributed by atoms with Gasteiger partial charge in [0.25, 0.3) is 0 Å². The Bertz CT molecular complexity index is 115. The van der Waals surface area contributed by atoms with Gasteiger partial charge < -0.3 is 39.7 Å². The Balaban J connectivity index is -0.0000000450. The summed E-state index contributed by atoms with van der Waals surface area (Å²) in [6, 6.07) is 0. The minimum Gasteiger partial charge on any atom is -0.784 e. The van der Waals surface area contributed by atoms with Gasteiger partial charge in [-0.3, -0.25) is 4.21 Å². The van der Waals surface area contributed by atoms with E-state index in [1.807, 2.05) is 0 Å². The molecule has 0 N–H and O–H groups in total. The van der Waals surface area contributed by atoms with Crippen molar-refractivity contribution in [3.05, 3.63) is 30.6 Å². The molecule has 0 spiro atoms. The summed E-state index contributed by atoms with van der Waals surface area (Å²) in [7, 11) is 0. The van der Waals surface area contributed by atoms with Crippen molar-refractivity contribution < 1.29 is 40.6 Å². The van der Waals surface area contributed by atoms with Gasteiger partial charge in [-0.2, -0.15) is 0 Å². The number of rotatable bonds is 0. The van der Waals surface area contributed by atoms with E-state index in [1.165, 1.54) is 0 Å². The molecule has 0 unspecified atom stereocenters. The molecule has 0 fully saturated rings. The van der Waals surface area contributed by atoms with Gasteiger partial charge in [-0.25, -0.2) is 0 Å². The second-order valence-electron chi connectivity index (χ2n) is 0.651. The average Bonchev–Trinajstić information content (AvgIpc) is 1.54. The number of hydrogen-bond acceptors (Lipinski definition) is 9. The number of hydrogen-bond donors (Lipinski definition) is 0.